The van der Waals surface area contributed by atoms with Crippen molar-refractivity contribution in [2.75, 3.05) is 11.5 Å². The van der Waals surface area contributed by atoms with Gasteiger partial charge in [-0.1, -0.05) is 49.8 Å². The average molecular weight is 481 g/mol. The highest BCUT2D eigenvalue weighted by atomic mass is 16.5. The van der Waals surface area contributed by atoms with Crippen molar-refractivity contribution < 1.29 is 19.1 Å². The number of amides is 2. The van der Waals surface area contributed by atoms with Gasteiger partial charge in [0.15, 0.2) is 5.69 Å². The number of esters is 1. The van der Waals surface area contributed by atoms with Crippen LogP contribution < -0.4 is 10.2 Å². The van der Waals surface area contributed by atoms with Gasteiger partial charge in [-0.3, -0.25) is 19.2 Å². The monoisotopic (exact) mass is 480 g/mol. The standard InChI is InChI=1S/C27H36N4O4/c1-5-35-25(33)21-16-23-24(32)31(22-14-13-18(2)15-19(22)3)27(4,17-30(23)29-21)26(34)28-20-11-9-7-6-8-10-12-20/h13-16,20H,5-12,17H2,1-4H3,(H,28,34). The van der Waals surface area contributed by atoms with Crippen LogP contribution in [0, 0.1) is 13.8 Å². The molecule has 1 aromatic carbocycles. The number of ether oxygens (including phenoxy) is 1. The fourth-order valence-corrected chi connectivity index (χ4v) is 5.26. The first-order valence-electron chi connectivity index (χ1n) is 12.7. The third kappa shape index (κ3) is 4.97. The van der Waals surface area contributed by atoms with Crippen molar-refractivity contribution in [3.05, 3.63) is 46.8 Å². The molecular weight excluding hydrogens is 444 g/mol. The van der Waals surface area contributed by atoms with Gasteiger partial charge >= 0.3 is 5.97 Å². The Labute approximate surface area is 207 Å². The summed E-state index contributed by atoms with van der Waals surface area (Å²) in [6, 6.07) is 7.39. The number of aryl methyl sites for hydroxylation is 2. The lowest BCUT2D eigenvalue weighted by Crippen LogP contribution is -2.65. The number of carbonyl (C=O) groups excluding carboxylic acids is 3. The minimum Gasteiger partial charge on any atom is -0.461 e. The predicted molar refractivity (Wildman–Crippen MR) is 134 cm³/mol. The van der Waals surface area contributed by atoms with E-state index >= 15 is 0 Å². The molecule has 35 heavy (non-hydrogen) atoms. The number of rotatable bonds is 5. The van der Waals surface area contributed by atoms with Crippen LogP contribution in [0.4, 0.5) is 5.69 Å². The van der Waals surface area contributed by atoms with E-state index < -0.39 is 11.5 Å². The van der Waals surface area contributed by atoms with Crippen LogP contribution in [0.3, 0.4) is 0 Å². The average Bonchev–Trinajstić information content (AvgIpc) is 3.21. The van der Waals surface area contributed by atoms with Crippen LogP contribution in [-0.2, 0) is 16.1 Å². The van der Waals surface area contributed by atoms with E-state index in [2.05, 4.69) is 10.4 Å². The molecule has 1 fully saturated rings. The summed E-state index contributed by atoms with van der Waals surface area (Å²) in [7, 11) is 0. The maximum Gasteiger partial charge on any atom is 0.358 e. The highest BCUT2D eigenvalue weighted by Gasteiger charge is 2.49. The largest absolute Gasteiger partial charge is 0.461 e. The quantitative estimate of drug-likeness (QED) is 0.643. The molecule has 1 N–H and O–H groups in total. The van der Waals surface area contributed by atoms with Crippen molar-refractivity contribution in [3.63, 3.8) is 0 Å². The molecule has 0 saturated heterocycles. The number of nitrogens with zero attached hydrogens (tertiary/aromatic N) is 3. The van der Waals surface area contributed by atoms with Crippen molar-refractivity contribution in [2.45, 2.75) is 90.8 Å². The van der Waals surface area contributed by atoms with E-state index in [1.165, 1.54) is 30.0 Å². The second-order valence-electron chi connectivity index (χ2n) is 10.0. The van der Waals surface area contributed by atoms with Crippen LogP contribution in [-0.4, -0.2) is 45.8 Å². The lowest BCUT2D eigenvalue weighted by molar-refractivity contribution is -0.127. The van der Waals surface area contributed by atoms with Crippen molar-refractivity contribution in [3.8, 4) is 0 Å². The van der Waals surface area contributed by atoms with Crippen LogP contribution in [0.1, 0.15) is 90.9 Å². The summed E-state index contributed by atoms with van der Waals surface area (Å²) in [6.45, 7) is 7.80. The molecule has 2 amide bonds. The summed E-state index contributed by atoms with van der Waals surface area (Å²) in [4.78, 5) is 41.7. The van der Waals surface area contributed by atoms with E-state index in [-0.39, 0.29) is 42.4 Å². The van der Waals surface area contributed by atoms with E-state index in [1.807, 2.05) is 32.0 Å². The van der Waals surface area contributed by atoms with Gasteiger partial charge in [0.05, 0.1) is 13.2 Å². The zero-order valence-electron chi connectivity index (χ0n) is 21.2. The molecule has 4 rings (SSSR count). The van der Waals surface area contributed by atoms with Crippen LogP contribution in [0.5, 0.6) is 0 Å². The second-order valence-corrected chi connectivity index (χ2v) is 10.0. The molecule has 2 aliphatic rings. The molecule has 8 heteroatoms. The van der Waals surface area contributed by atoms with Gasteiger partial charge in [0, 0.05) is 17.8 Å². The molecule has 1 saturated carbocycles. The summed E-state index contributed by atoms with van der Waals surface area (Å²) >= 11 is 0. The molecule has 188 valence electrons. The molecule has 1 aliphatic carbocycles. The lowest BCUT2D eigenvalue weighted by Gasteiger charge is -2.44. The summed E-state index contributed by atoms with van der Waals surface area (Å²) in [5.74, 6) is -1.14. The minimum atomic E-state index is -1.22. The van der Waals surface area contributed by atoms with E-state index in [1.54, 1.807) is 18.7 Å². The summed E-state index contributed by atoms with van der Waals surface area (Å²) in [5.41, 5.74) is 1.78. The Morgan fingerprint density at radius 1 is 1.11 bits per heavy atom. The molecule has 1 aliphatic heterocycles. The van der Waals surface area contributed by atoms with E-state index in [0.717, 1.165) is 36.8 Å². The molecule has 0 radical (unpaired) electrons. The molecule has 0 bridgehead atoms. The first-order chi connectivity index (χ1) is 16.7. The summed E-state index contributed by atoms with van der Waals surface area (Å²) in [6.07, 6.45) is 7.69. The van der Waals surface area contributed by atoms with Gasteiger partial charge in [-0.25, -0.2) is 4.79 Å². The van der Waals surface area contributed by atoms with Gasteiger partial charge in [0.1, 0.15) is 11.2 Å². The number of aromatic nitrogens is 2. The van der Waals surface area contributed by atoms with E-state index in [9.17, 15) is 14.4 Å². The summed E-state index contributed by atoms with van der Waals surface area (Å²) < 4.78 is 6.57. The maximum absolute atomic E-state index is 13.9. The number of benzene rings is 1. The van der Waals surface area contributed by atoms with Crippen LogP contribution in [0.25, 0.3) is 0 Å². The third-order valence-corrected chi connectivity index (χ3v) is 7.16. The number of hydrogen-bond acceptors (Lipinski definition) is 5. The molecule has 1 unspecified atom stereocenters. The first-order valence-corrected chi connectivity index (χ1v) is 12.7. The Bertz CT molecular complexity index is 1120. The van der Waals surface area contributed by atoms with Gasteiger partial charge in [0.25, 0.3) is 5.91 Å². The summed E-state index contributed by atoms with van der Waals surface area (Å²) in [5, 5.41) is 7.61. The first kappa shape index (κ1) is 24.9. The number of anilines is 1. The zero-order valence-corrected chi connectivity index (χ0v) is 21.2. The molecular formula is C27H36N4O4. The van der Waals surface area contributed by atoms with Crippen LogP contribution in [0.2, 0.25) is 0 Å². The fraction of sp³-hybridized carbons (Fsp3) is 0.556. The molecule has 1 aromatic heterocycles. The molecule has 1 atom stereocenters. The highest BCUT2D eigenvalue weighted by Crippen LogP contribution is 2.35. The minimum absolute atomic E-state index is 0.0699. The van der Waals surface area contributed by atoms with Gasteiger partial charge in [0.2, 0.25) is 5.91 Å². The third-order valence-electron chi connectivity index (χ3n) is 7.16. The topological polar surface area (TPSA) is 93.5 Å². The highest BCUT2D eigenvalue weighted by molar-refractivity contribution is 6.12. The van der Waals surface area contributed by atoms with Gasteiger partial charge in [-0.05, 0) is 52.2 Å². The Morgan fingerprint density at radius 3 is 2.46 bits per heavy atom. The number of fused-ring (bicyclic) bond motifs is 1. The normalized spacial score (nSPS) is 21.1. The molecule has 2 aromatic rings. The molecule has 2 heterocycles. The van der Waals surface area contributed by atoms with E-state index in [4.69, 9.17) is 4.74 Å². The van der Waals surface area contributed by atoms with Crippen LogP contribution >= 0.6 is 0 Å². The van der Waals surface area contributed by atoms with Crippen molar-refractivity contribution in [2.24, 2.45) is 0 Å². The van der Waals surface area contributed by atoms with Crippen molar-refractivity contribution >= 4 is 23.5 Å². The van der Waals surface area contributed by atoms with Gasteiger partial charge in [-0.15, -0.1) is 0 Å². The Kier molecular flexibility index (Phi) is 7.28. The Morgan fingerprint density at radius 2 is 1.80 bits per heavy atom. The van der Waals surface area contributed by atoms with Gasteiger partial charge < -0.3 is 10.1 Å². The predicted octanol–water partition coefficient (Wildman–Crippen LogP) is 4.32. The fourth-order valence-electron chi connectivity index (χ4n) is 5.26. The van der Waals surface area contributed by atoms with Crippen LogP contribution in [0.15, 0.2) is 24.3 Å². The SMILES string of the molecule is CCOC(=O)c1cc2n(n1)CC(C)(C(=O)NC1CCCCCCC1)N(c1ccc(C)cc1C)C2=O. The molecule has 0 spiro atoms. The smallest absolute Gasteiger partial charge is 0.358 e. The van der Waals surface area contributed by atoms with Crippen molar-refractivity contribution in [1.29, 1.82) is 0 Å². The maximum atomic E-state index is 13.9. The second kappa shape index (κ2) is 10.2. The number of hydrogen-bond donors (Lipinski definition) is 1. The zero-order chi connectivity index (χ0) is 25.2. The van der Waals surface area contributed by atoms with E-state index in [0.29, 0.717) is 5.69 Å². The number of nitrogens with one attached hydrogen (secondary N) is 1. The van der Waals surface area contributed by atoms with Gasteiger partial charge in [-0.2, -0.15) is 5.10 Å². The Hall–Kier alpha value is -3.16. The molecule has 8 nitrogen and oxygen atoms in total. The number of carbonyl (C=O) groups is 3. The lowest BCUT2D eigenvalue weighted by atomic mass is 9.91. The Balaban J connectivity index is 1.74. The van der Waals surface area contributed by atoms with Crippen molar-refractivity contribution in [1.82, 2.24) is 15.1 Å².